The number of nitrogens with one attached hydrogen (secondary N) is 2. The molecular weight excluding hydrogens is 490 g/mol. The SMILES string of the molecule is CC(C)CCC(C)N(C(=O)C(CC(C)C)NC(=O)OC(C)(C)C)C(C(=O)NC1CCCCC1)c1ccccc1. The first-order valence-corrected chi connectivity index (χ1v) is 15.0. The number of ether oxygens (including phenoxy) is 1. The predicted octanol–water partition coefficient (Wildman–Crippen LogP) is 6.77. The normalized spacial score (nSPS) is 16.9. The molecule has 1 fully saturated rings. The van der Waals surface area contributed by atoms with Gasteiger partial charge in [-0.2, -0.15) is 0 Å². The molecule has 3 amide bonds. The number of hydrogen-bond donors (Lipinski definition) is 2. The molecule has 7 heteroatoms. The lowest BCUT2D eigenvalue weighted by atomic mass is 9.93. The van der Waals surface area contributed by atoms with Crippen molar-refractivity contribution in [2.75, 3.05) is 0 Å². The zero-order valence-electron chi connectivity index (χ0n) is 25.6. The summed E-state index contributed by atoms with van der Waals surface area (Å²) in [4.78, 5) is 43.0. The van der Waals surface area contributed by atoms with Gasteiger partial charge in [0.25, 0.3) is 0 Å². The highest BCUT2D eigenvalue weighted by atomic mass is 16.6. The lowest BCUT2D eigenvalue weighted by Gasteiger charge is -2.40. The van der Waals surface area contributed by atoms with Gasteiger partial charge < -0.3 is 20.3 Å². The van der Waals surface area contributed by atoms with Crippen molar-refractivity contribution < 1.29 is 19.1 Å². The van der Waals surface area contributed by atoms with Crippen LogP contribution >= 0.6 is 0 Å². The highest BCUT2D eigenvalue weighted by Gasteiger charge is 2.39. The number of amides is 3. The van der Waals surface area contributed by atoms with E-state index in [0.717, 1.165) is 44.1 Å². The zero-order chi connectivity index (χ0) is 29.2. The Morgan fingerprint density at radius 3 is 2.08 bits per heavy atom. The largest absolute Gasteiger partial charge is 0.444 e. The monoisotopic (exact) mass is 543 g/mol. The number of carbonyl (C=O) groups is 3. The molecule has 0 spiro atoms. The van der Waals surface area contributed by atoms with Crippen molar-refractivity contribution >= 4 is 17.9 Å². The Bertz CT molecular complexity index is 904. The Hall–Kier alpha value is -2.57. The fraction of sp³-hybridized carbons (Fsp3) is 0.719. The summed E-state index contributed by atoms with van der Waals surface area (Å²) in [5.74, 6) is 0.201. The lowest BCUT2D eigenvalue weighted by molar-refractivity contribution is -0.146. The molecule has 1 aliphatic rings. The summed E-state index contributed by atoms with van der Waals surface area (Å²) >= 11 is 0. The van der Waals surface area contributed by atoms with Crippen LogP contribution in [-0.2, 0) is 14.3 Å². The van der Waals surface area contributed by atoms with E-state index in [2.05, 4.69) is 24.5 Å². The van der Waals surface area contributed by atoms with E-state index in [-0.39, 0.29) is 29.8 Å². The molecule has 1 aromatic rings. The molecule has 0 aromatic heterocycles. The first-order valence-electron chi connectivity index (χ1n) is 15.0. The quantitative estimate of drug-likeness (QED) is 0.305. The van der Waals surface area contributed by atoms with Crippen LogP contribution in [0.2, 0.25) is 0 Å². The minimum Gasteiger partial charge on any atom is -0.444 e. The summed E-state index contributed by atoms with van der Waals surface area (Å²) in [5, 5.41) is 6.13. The number of nitrogens with zero attached hydrogens (tertiary/aromatic N) is 1. The summed E-state index contributed by atoms with van der Waals surface area (Å²) in [6, 6.07) is 7.86. The molecule has 1 saturated carbocycles. The molecule has 2 rings (SSSR count). The van der Waals surface area contributed by atoms with E-state index in [1.807, 2.05) is 51.1 Å². The van der Waals surface area contributed by atoms with Gasteiger partial charge in [-0.3, -0.25) is 9.59 Å². The van der Waals surface area contributed by atoms with Gasteiger partial charge in [-0.25, -0.2) is 4.79 Å². The van der Waals surface area contributed by atoms with Crippen LogP contribution in [0.1, 0.15) is 118 Å². The van der Waals surface area contributed by atoms with Gasteiger partial charge in [-0.05, 0) is 77.2 Å². The number of carbonyl (C=O) groups excluding carboxylic acids is 3. The Labute approximate surface area is 236 Å². The van der Waals surface area contributed by atoms with Crippen LogP contribution in [0.15, 0.2) is 30.3 Å². The molecule has 1 aromatic carbocycles. The molecule has 39 heavy (non-hydrogen) atoms. The number of alkyl carbamates (subject to hydrolysis) is 1. The van der Waals surface area contributed by atoms with Crippen LogP contribution in [0.3, 0.4) is 0 Å². The van der Waals surface area contributed by atoms with E-state index in [1.54, 1.807) is 25.7 Å². The Kier molecular flexibility index (Phi) is 12.8. The van der Waals surface area contributed by atoms with Crippen LogP contribution < -0.4 is 10.6 Å². The van der Waals surface area contributed by atoms with Crippen LogP contribution in [0.5, 0.6) is 0 Å². The molecule has 220 valence electrons. The van der Waals surface area contributed by atoms with Crippen molar-refractivity contribution in [1.82, 2.24) is 15.5 Å². The molecule has 3 unspecified atom stereocenters. The lowest BCUT2D eigenvalue weighted by Crippen LogP contribution is -2.56. The fourth-order valence-corrected chi connectivity index (χ4v) is 5.24. The highest BCUT2D eigenvalue weighted by molar-refractivity contribution is 5.92. The maximum absolute atomic E-state index is 14.5. The predicted molar refractivity (Wildman–Crippen MR) is 157 cm³/mol. The average molecular weight is 544 g/mol. The summed E-state index contributed by atoms with van der Waals surface area (Å²) in [7, 11) is 0. The van der Waals surface area contributed by atoms with Crippen molar-refractivity contribution in [2.45, 2.75) is 137 Å². The summed E-state index contributed by atoms with van der Waals surface area (Å²) in [5.41, 5.74) is 0.0859. The number of rotatable bonds is 12. The summed E-state index contributed by atoms with van der Waals surface area (Å²) < 4.78 is 5.51. The number of hydrogen-bond acceptors (Lipinski definition) is 4. The molecule has 2 N–H and O–H groups in total. The van der Waals surface area contributed by atoms with Crippen LogP contribution in [0.4, 0.5) is 4.79 Å². The van der Waals surface area contributed by atoms with Crippen molar-refractivity contribution in [3.05, 3.63) is 35.9 Å². The van der Waals surface area contributed by atoms with E-state index in [0.29, 0.717) is 12.3 Å². The molecule has 0 bridgehead atoms. The topological polar surface area (TPSA) is 87.7 Å². The third kappa shape index (κ3) is 11.2. The van der Waals surface area contributed by atoms with Gasteiger partial charge in [0.2, 0.25) is 11.8 Å². The van der Waals surface area contributed by atoms with E-state index in [1.165, 1.54) is 6.42 Å². The van der Waals surface area contributed by atoms with Crippen LogP contribution in [0, 0.1) is 11.8 Å². The molecule has 0 aliphatic heterocycles. The molecular formula is C32H53N3O4. The Balaban J connectivity index is 2.50. The Morgan fingerprint density at radius 1 is 0.923 bits per heavy atom. The fourth-order valence-electron chi connectivity index (χ4n) is 5.24. The third-order valence-corrected chi connectivity index (χ3v) is 7.18. The second kappa shape index (κ2) is 15.3. The average Bonchev–Trinajstić information content (AvgIpc) is 2.84. The first kappa shape index (κ1) is 32.6. The van der Waals surface area contributed by atoms with Gasteiger partial charge in [-0.15, -0.1) is 0 Å². The van der Waals surface area contributed by atoms with Crippen molar-refractivity contribution in [1.29, 1.82) is 0 Å². The van der Waals surface area contributed by atoms with Crippen molar-refractivity contribution in [3.8, 4) is 0 Å². The molecule has 1 aliphatic carbocycles. The second-order valence-electron chi connectivity index (χ2n) is 13.1. The van der Waals surface area contributed by atoms with E-state index in [9.17, 15) is 14.4 Å². The molecule has 0 saturated heterocycles. The summed E-state index contributed by atoms with van der Waals surface area (Å²) in [6.07, 6.45) is 6.81. The van der Waals surface area contributed by atoms with Crippen LogP contribution in [-0.4, -0.2) is 46.5 Å². The highest BCUT2D eigenvalue weighted by Crippen LogP contribution is 2.29. The Morgan fingerprint density at radius 2 is 1.54 bits per heavy atom. The van der Waals surface area contributed by atoms with Gasteiger partial charge in [-0.1, -0.05) is 77.3 Å². The molecule has 0 heterocycles. The minimum absolute atomic E-state index is 0.117. The maximum Gasteiger partial charge on any atom is 0.408 e. The molecule has 3 atom stereocenters. The van der Waals surface area contributed by atoms with Gasteiger partial charge in [0.1, 0.15) is 17.7 Å². The van der Waals surface area contributed by atoms with Crippen molar-refractivity contribution in [3.63, 3.8) is 0 Å². The second-order valence-corrected chi connectivity index (χ2v) is 13.1. The standard InChI is InChI=1S/C32H53N3O4/c1-22(2)19-20-24(5)35(30(37)27(21-23(3)4)34-31(38)39-32(6,7)8)28(25-15-11-9-12-16-25)29(36)33-26-17-13-10-14-18-26/h9,11-12,15-16,22-24,26-28H,10,13-14,17-21H2,1-8H3,(H,33,36)(H,34,38). The third-order valence-electron chi connectivity index (χ3n) is 7.18. The number of benzene rings is 1. The summed E-state index contributed by atoms with van der Waals surface area (Å²) in [6.45, 7) is 15.8. The molecule has 0 radical (unpaired) electrons. The molecule has 7 nitrogen and oxygen atoms in total. The van der Waals surface area contributed by atoms with Crippen LogP contribution in [0.25, 0.3) is 0 Å². The van der Waals surface area contributed by atoms with E-state index >= 15 is 0 Å². The zero-order valence-corrected chi connectivity index (χ0v) is 25.6. The first-order chi connectivity index (χ1) is 18.3. The van der Waals surface area contributed by atoms with Gasteiger partial charge in [0.05, 0.1) is 0 Å². The van der Waals surface area contributed by atoms with E-state index in [4.69, 9.17) is 4.74 Å². The smallest absolute Gasteiger partial charge is 0.408 e. The minimum atomic E-state index is -0.810. The van der Waals surface area contributed by atoms with Gasteiger partial charge in [0, 0.05) is 12.1 Å². The van der Waals surface area contributed by atoms with Gasteiger partial charge >= 0.3 is 6.09 Å². The van der Waals surface area contributed by atoms with E-state index < -0.39 is 23.8 Å². The maximum atomic E-state index is 14.5. The van der Waals surface area contributed by atoms with Gasteiger partial charge in [0.15, 0.2) is 0 Å². The van der Waals surface area contributed by atoms with Crippen molar-refractivity contribution in [2.24, 2.45) is 11.8 Å².